The number of hydrogen-bond donors (Lipinski definition) is 12. The lowest BCUT2D eigenvalue weighted by molar-refractivity contribution is -0.379. The largest absolute Gasteiger partial charge is 0.394 e. The molecular formula is C64H119NO18. The van der Waals surface area contributed by atoms with Gasteiger partial charge in [0.2, 0.25) is 5.91 Å². The molecule has 0 aromatic carbocycles. The number of unbranched alkanes of at least 4 members (excludes halogenated alkanes) is 32. The number of ether oxygens (including phenoxy) is 6. The quantitative estimate of drug-likeness (QED) is 0.0207. The van der Waals surface area contributed by atoms with Crippen molar-refractivity contribution in [1.82, 2.24) is 5.32 Å². The number of nitrogens with one attached hydrogen (secondary N) is 1. The summed E-state index contributed by atoms with van der Waals surface area (Å²) in [4.78, 5) is 13.3. The Morgan fingerprint density at radius 3 is 1.17 bits per heavy atom. The molecule has 17 unspecified atom stereocenters. The van der Waals surface area contributed by atoms with Crippen molar-refractivity contribution >= 4 is 5.91 Å². The van der Waals surface area contributed by atoms with Crippen LogP contribution in [0.3, 0.4) is 0 Å². The summed E-state index contributed by atoms with van der Waals surface area (Å²) in [6.45, 7) is 1.66. The third-order valence-electron chi connectivity index (χ3n) is 16.7. The molecule has 0 spiro atoms. The highest BCUT2D eigenvalue weighted by Gasteiger charge is 2.53. The minimum Gasteiger partial charge on any atom is -0.394 e. The van der Waals surface area contributed by atoms with E-state index >= 15 is 0 Å². The summed E-state index contributed by atoms with van der Waals surface area (Å²) in [5.74, 6) is -0.277. The van der Waals surface area contributed by atoms with Crippen LogP contribution in [0.25, 0.3) is 0 Å². The molecule has 19 nitrogen and oxygen atoms in total. The highest BCUT2D eigenvalue weighted by Crippen LogP contribution is 2.33. The molecule has 0 saturated carbocycles. The van der Waals surface area contributed by atoms with Crippen molar-refractivity contribution in [2.45, 2.75) is 349 Å². The summed E-state index contributed by atoms with van der Waals surface area (Å²) in [6.07, 6.45) is 25.2. The van der Waals surface area contributed by atoms with E-state index in [4.69, 9.17) is 28.4 Å². The third-order valence-corrected chi connectivity index (χ3v) is 16.7. The predicted molar refractivity (Wildman–Crippen MR) is 319 cm³/mol. The van der Waals surface area contributed by atoms with E-state index in [1.807, 2.05) is 6.08 Å². The van der Waals surface area contributed by atoms with Gasteiger partial charge in [0.1, 0.15) is 73.2 Å². The first-order chi connectivity index (χ1) is 40.3. The molecule has 12 N–H and O–H groups in total. The van der Waals surface area contributed by atoms with Gasteiger partial charge >= 0.3 is 0 Å². The second-order valence-electron chi connectivity index (χ2n) is 23.9. The molecule has 0 aromatic rings. The van der Waals surface area contributed by atoms with E-state index in [1.54, 1.807) is 6.08 Å². The molecule has 0 aromatic heterocycles. The van der Waals surface area contributed by atoms with Gasteiger partial charge in [0, 0.05) is 6.42 Å². The molecule has 3 heterocycles. The lowest BCUT2D eigenvalue weighted by atomic mass is 9.96. The average molecular weight is 1190 g/mol. The Kier molecular flexibility index (Phi) is 43.0. The number of rotatable bonds is 50. The monoisotopic (exact) mass is 1190 g/mol. The molecule has 3 fully saturated rings. The SMILES string of the molecule is CCCCCCC/C=C/C(O)C(COC1OC(CO)C(OC2OC(CO)C(OC3OC(CO)C(O)C(O)C3O)C(O)C2O)C(O)C1O)NC(=O)CCCCCCCCCCCCCCCCCCCCC/C=C\CCCCCCCCCC. The zero-order valence-corrected chi connectivity index (χ0v) is 51.2. The van der Waals surface area contributed by atoms with Crippen molar-refractivity contribution in [2.24, 2.45) is 0 Å². The van der Waals surface area contributed by atoms with Gasteiger partial charge in [-0.2, -0.15) is 0 Å². The number of aliphatic hydroxyl groups is 11. The van der Waals surface area contributed by atoms with E-state index in [9.17, 15) is 61.0 Å². The fraction of sp³-hybridized carbons (Fsp3) is 0.922. The van der Waals surface area contributed by atoms with Crippen LogP contribution in [-0.2, 0) is 33.2 Å². The van der Waals surface area contributed by atoms with E-state index in [-0.39, 0.29) is 18.9 Å². The highest BCUT2D eigenvalue weighted by molar-refractivity contribution is 5.76. The van der Waals surface area contributed by atoms with Gasteiger partial charge < -0.3 is 89.9 Å². The molecule has 1 amide bonds. The molecule has 3 saturated heterocycles. The van der Waals surface area contributed by atoms with Crippen LogP contribution in [0.5, 0.6) is 0 Å². The summed E-state index contributed by atoms with van der Waals surface area (Å²) >= 11 is 0. The summed E-state index contributed by atoms with van der Waals surface area (Å²) in [6, 6.07) is -0.967. The van der Waals surface area contributed by atoms with Gasteiger partial charge in [-0.15, -0.1) is 0 Å². The Bertz CT molecular complexity index is 1610. The van der Waals surface area contributed by atoms with Crippen LogP contribution in [-0.4, -0.2) is 193 Å². The second-order valence-corrected chi connectivity index (χ2v) is 23.9. The fourth-order valence-corrected chi connectivity index (χ4v) is 11.3. The van der Waals surface area contributed by atoms with E-state index < -0.39 is 124 Å². The van der Waals surface area contributed by atoms with Gasteiger partial charge in [-0.05, 0) is 44.9 Å². The standard InChI is InChI=1S/C64H119NO18/c1-3-5-7-9-11-12-13-14-15-16-17-18-19-20-21-22-23-24-25-26-27-28-29-30-31-32-33-34-36-38-40-42-52(70)65-47(48(69)41-39-37-35-10-8-6-4-2)46-78-62-58(76)55(73)60(50(44-67)80-62)83-64-59(77)56(74)61(51(45-68)81-64)82-63-57(75)54(72)53(71)49(43-66)79-63/h16-17,39,41,47-51,53-64,66-69,71-77H,3-15,18-38,40,42-46H2,1-2H3,(H,65,70)/b17-16-,41-39+. The van der Waals surface area contributed by atoms with Crippen LogP contribution < -0.4 is 5.32 Å². The maximum absolute atomic E-state index is 13.3. The molecule has 17 atom stereocenters. The average Bonchev–Trinajstić information content (AvgIpc) is 3.43. The first-order valence-electron chi connectivity index (χ1n) is 33.1. The van der Waals surface area contributed by atoms with Crippen LogP contribution in [0.2, 0.25) is 0 Å². The molecule has 3 aliphatic heterocycles. The third kappa shape index (κ3) is 30.4. The number of aliphatic hydroxyl groups excluding tert-OH is 11. The van der Waals surface area contributed by atoms with Crippen LogP contribution >= 0.6 is 0 Å². The number of allylic oxidation sites excluding steroid dienone is 3. The van der Waals surface area contributed by atoms with E-state index in [0.29, 0.717) is 6.42 Å². The Hall–Kier alpha value is -1.73. The zero-order valence-electron chi connectivity index (χ0n) is 51.2. The van der Waals surface area contributed by atoms with E-state index in [2.05, 4.69) is 31.3 Å². The van der Waals surface area contributed by atoms with Gasteiger partial charge in [-0.1, -0.05) is 218 Å². The van der Waals surface area contributed by atoms with Crippen molar-refractivity contribution in [3.8, 4) is 0 Å². The molecular weight excluding hydrogens is 1070 g/mol. The summed E-state index contributed by atoms with van der Waals surface area (Å²) < 4.78 is 34.2. The Morgan fingerprint density at radius 2 is 0.759 bits per heavy atom. The van der Waals surface area contributed by atoms with Gasteiger partial charge in [0.05, 0.1) is 38.6 Å². The summed E-state index contributed by atoms with van der Waals surface area (Å²) in [5, 5.41) is 120. The highest BCUT2D eigenvalue weighted by atomic mass is 16.8. The van der Waals surface area contributed by atoms with Crippen molar-refractivity contribution in [3.05, 3.63) is 24.3 Å². The molecule has 3 aliphatic rings. The van der Waals surface area contributed by atoms with Crippen LogP contribution in [0.4, 0.5) is 0 Å². The fourth-order valence-electron chi connectivity index (χ4n) is 11.3. The first-order valence-corrected chi connectivity index (χ1v) is 33.1. The molecule has 0 radical (unpaired) electrons. The number of carbonyl (C=O) groups is 1. The Morgan fingerprint density at radius 1 is 0.422 bits per heavy atom. The van der Waals surface area contributed by atoms with Crippen molar-refractivity contribution < 1.29 is 89.4 Å². The molecule has 83 heavy (non-hydrogen) atoms. The molecule has 0 aliphatic carbocycles. The van der Waals surface area contributed by atoms with E-state index in [0.717, 1.165) is 57.8 Å². The van der Waals surface area contributed by atoms with Gasteiger partial charge in [-0.3, -0.25) is 4.79 Å². The number of carbonyl (C=O) groups excluding carboxylic acids is 1. The number of amides is 1. The topological polar surface area (TPSA) is 307 Å². The van der Waals surface area contributed by atoms with Gasteiger partial charge in [-0.25, -0.2) is 0 Å². The molecule has 19 heteroatoms. The molecule has 0 bridgehead atoms. The van der Waals surface area contributed by atoms with Crippen LogP contribution in [0, 0.1) is 0 Å². The summed E-state index contributed by atoms with van der Waals surface area (Å²) in [7, 11) is 0. The van der Waals surface area contributed by atoms with Crippen LogP contribution in [0.15, 0.2) is 24.3 Å². The Balaban J connectivity index is 1.32. The normalized spacial score (nSPS) is 29.5. The van der Waals surface area contributed by atoms with E-state index in [1.165, 1.54) is 161 Å². The number of hydrogen-bond acceptors (Lipinski definition) is 18. The van der Waals surface area contributed by atoms with Crippen molar-refractivity contribution in [1.29, 1.82) is 0 Å². The van der Waals surface area contributed by atoms with Crippen molar-refractivity contribution in [3.63, 3.8) is 0 Å². The lowest BCUT2D eigenvalue weighted by Gasteiger charge is -2.48. The lowest BCUT2D eigenvalue weighted by Crippen LogP contribution is -2.66. The maximum Gasteiger partial charge on any atom is 0.220 e. The smallest absolute Gasteiger partial charge is 0.220 e. The Labute approximate surface area is 498 Å². The molecule has 3 rings (SSSR count). The maximum atomic E-state index is 13.3. The van der Waals surface area contributed by atoms with Crippen LogP contribution in [0.1, 0.15) is 245 Å². The predicted octanol–water partition coefficient (Wildman–Crippen LogP) is 7.49. The summed E-state index contributed by atoms with van der Waals surface area (Å²) in [5.41, 5.74) is 0. The minimum atomic E-state index is -1.97. The van der Waals surface area contributed by atoms with Gasteiger partial charge in [0.25, 0.3) is 0 Å². The van der Waals surface area contributed by atoms with Gasteiger partial charge in [0.15, 0.2) is 18.9 Å². The van der Waals surface area contributed by atoms with Crippen molar-refractivity contribution in [2.75, 3.05) is 26.4 Å². The zero-order chi connectivity index (χ0) is 60.5. The molecule has 488 valence electrons. The second kappa shape index (κ2) is 47.3. The first kappa shape index (κ1) is 75.5. The minimum absolute atomic E-state index is 0.246.